The highest BCUT2D eigenvalue weighted by Crippen LogP contribution is 2.35. The molecule has 7 heteroatoms. The first-order chi connectivity index (χ1) is 11.0. The number of thiazole rings is 1. The first-order valence-electron chi connectivity index (χ1n) is 6.80. The van der Waals surface area contributed by atoms with Crippen LogP contribution in [0.5, 0.6) is 11.5 Å². The van der Waals surface area contributed by atoms with Crippen molar-refractivity contribution in [2.75, 3.05) is 6.61 Å². The van der Waals surface area contributed by atoms with Crippen LogP contribution >= 0.6 is 11.3 Å². The SMILES string of the molecule is CCOc1cccc(C=C(C#N)c2nc(C)cs2)c1OC(F)F. The Balaban J connectivity index is 2.50. The second-order valence-electron chi connectivity index (χ2n) is 4.45. The van der Waals surface area contributed by atoms with Crippen LogP contribution in [0.2, 0.25) is 0 Å². The molecule has 0 aliphatic carbocycles. The van der Waals surface area contributed by atoms with Crippen molar-refractivity contribution in [3.63, 3.8) is 0 Å². The van der Waals surface area contributed by atoms with Crippen LogP contribution in [0.15, 0.2) is 23.6 Å². The van der Waals surface area contributed by atoms with Crippen LogP contribution in [-0.2, 0) is 0 Å². The predicted octanol–water partition coefficient (Wildman–Crippen LogP) is 4.52. The molecule has 1 aromatic carbocycles. The average Bonchev–Trinajstić information content (AvgIpc) is 2.93. The van der Waals surface area contributed by atoms with E-state index in [0.29, 0.717) is 17.2 Å². The van der Waals surface area contributed by atoms with Gasteiger partial charge in [0.1, 0.15) is 11.1 Å². The van der Waals surface area contributed by atoms with Crippen LogP contribution in [0.3, 0.4) is 0 Å². The molecule has 120 valence electrons. The van der Waals surface area contributed by atoms with Gasteiger partial charge in [0.15, 0.2) is 11.5 Å². The molecule has 0 aliphatic rings. The fraction of sp³-hybridized carbons (Fsp3) is 0.250. The van der Waals surface area contributed by atoms with E-state index in [1.54, 1.807) is 19.1 Å². The van der Waals surface area contributed by atoms with Gasteiger partial charge in [0, 0.05) is 16.6 Å². The molecule has 0 aliphatic heterocycles. The molecule has 0 atom stereocenters. The molecular formula is C16H14F2N2O2S. The molecule has 1 heterocycles. The number of allylic oxidation sites excluding steroid dienone is 1. The molecule has 4 nitrogen and oxygen atoms in total. The second kappa shape index (κ2) is 7.70. The summed E-state index contributed by atoms with van der Waals surface area (Å²) < 4.78 is 35.3. The van der Waals surface area contributed by atoms with Gasteiger partial charge in [-0.25, -0.2) is 4.98 Å². The number of hydrogen-bond donors (Lipinski definition) is 0. The first kappa shape index (κ1) is 16.9. The number of halogens is 2. The van der Waals surface area contributed by atoms with Gasteiger partial charge in [-0.2, -0.15) is 14.0 Å². The fourth-order valence-corrected chi connectivity index (χ4v) is 2.67. The summed E-state index contributed by atoms with van der Waals surface area (Å²) in [5.74, 6) is 0.111. The monoisotopic (exact) mass is 336 g/mol. The van der Waals surface area contributed by atoms with E-state index in [4.69, 9.17) is 4.74 Å². The van der Waals surface area contributed by atoms with Gasteiger partial charge in [-0.3, -0.25) is 0 Å². The van der Waals surface area contributed by atoms with Gasteiger partial charge < -0.3 is 9.47 Å². The Kier molecular flexibility index (Phi) is 5.66. The summed E-state index contributed by atoms with van der Waals surface area (Å²) in [6, 6.07) is 6.81. The Bertz CT molecular complexity index is 751. The molecule has 23 heavy (non-hydrogen) atoms. The fourth-order valence-electron chi connectivity index (χ4n) is 1.91. The first-order valence-corrected chi connectivity index (χ1v) is 7.68. The van der Waals surface area contributed by atoms with Crippen LogP contribution in [-0.4, -0.2) is 18.2 Å². The van der Waals surface area contributed by atoms with Gasteiger partial charge in [0.2, 0.25) is 0 Å². The molecular weight excluding hydrogens is 322 g/mol. The number of alkyl halides is 2. The number of nitriles is 1. The maximum absolute atomic E-state index is 12.7. The third-order valence-corrected chi connectivity index (χ3v) is 3.78. The smallest absolute Gasteiger partial charge is 0.387 e. The van der Waals surface area contributed by atoms with Crippen molar-refractivity contribution in [3.8, 4) is 17.6 Å². The van der Waals surface area contributed by atoms with E-state index in [9.17, 15) is 14.0 Å². The zero-order valence-corrected chi connectivity index (χ0v) is 13.4. The molecule has 2 aromatic rings. The van der Waals surface area contributed by atoms with Gasteiger partial charge in [-0.05, 0) is 26.0 Å². The van der Waals surface area contributed by atoms with E-state index in [1.165, 1.54) is 23.5 Å². The lowest BCUT2D eigenvalue weighted by molar-refractivity contribution is -0.0515. The zero-order chi connectivity index (χ0) is 16.8. The number of benzene rings is 1. The standard InChI is InChI=1S/C16H14F2N2O2S/c1-3-21-13-6-4-5-11(14(13)22-16(17)18)7-12(8-19)15-20-10(2)9-23-15/h4-7,9,16H,3H2,1-2H3. The van der Waals surface area contributed by atoms with Crippen molar-refractivity contribution in [1.82, 2.24) is 4.98 Å². The Hall–Kier alpha value is -2.46. The second-order valence-corrected chi connectivity index (χ2v) is 5.31. The molecule has 1 aromatic heterocycles. The number of hydrogen-bond acceptors (Lipinski definition) is 5. The van der Waals surface area contributed by atoms with E-state index in [0.717, 1.165) is 5.69 Å². The van der Waals surface area contributed by atoms with Crippen LogP contribution in [0, 0.1) is 18.3 Å². The van der Waals surface area contributed by atoms with E-state index < -0.39 is 6.61 Å². The molecule has 0 unspecified atom stereocenters. The highest BCUT2D eigenvalue weighted by molar-refractivity contribution is 7.11. The topological polar surface area (TPSA) is 55.1 Å². The third kappa shape index (κ3) is 4.27. The Labute approximate surface area is 136 Å². The lowest BCUT2D eigenvalue weighted by Gasteiger charge is -2.13. The van der Waals surface area contributed by atoms with E-state index in [2.05, 4.69) is 9.72 Å². The third-order valence-electron chi connectivity index (χ3n) is 2.79. The van der Waals surface area contributed by atoms with Crippen LogP contribution < -0.4 is 9.47 Å². The quantitative estimate of drug-likeness (QED) is 0.728. The number of nitrogens with zero attached hydrogens (tertiary/aromatic N) is 2. The molecule has 2 rings (SSSR count). The normalized spacial score (nSPS) is 11.4. The Morgan fingerprint density at radius 2 is 2.26 bits per heavy atom. The average molecular weight is 336 g/mol. The lowest BCUT2D eigenvalue weighted by Crippen LogP contribution is -2.06. The Morgan fingerprint density at radius 1 is 1.48 bits per heavy atom. The van der Waals surface area contributed by atoms with Gasteiger partial charge in [-0.15, -0.1) is 11.3 Å². The number of para-hydroxylation sites is 1. The van der Waals surface area contributed by atoms with Crippen molar-refractivity contribution in [2.24, 2.45) is 0 Å². The highest BCUT2D eigenvalue weighted by atomic mass is 32.1. The van der Waals surface area contributed by atoms with Gasteiger partial charge in [0.05, 0.1) is 12.2 Å². The molecule has 0 amide bonds. The van der Waals surface area contributed by atoms with Gasteiger partial charge >= 0.3 is 6.61 Å². The van der Waals surface area contributed by atoms with Crippen molar-refractivity contribution in [3.05, 3.63) is 39.8 Å². The number of aromatic nitrogens is 1. The number of ether oxygens (including phenoxy) is 2. The minimum atomic E-state index is -2.99. The number of aryl methyl sites for hydroxylation is 1. The zero-order valence-electron chi connectivity index (χ0n) is 12.5. The van der Waals surface area contributed by atoms with Gasteiger partial charge in [-0.1, -0.05) is 12.1 Å². The van der Waals surface area contributed by atoms with Crippen LogP contribution in [0.25, 0.3) is 11.6 Å². The van der Waals surface area contributed by atoms with Crippen LogP contribution in [0.4, 0.5) is 8.78 Å². The summed E-state index contributed by atoms with van der Waals surface area (Å²) in [4.78, 5) is 4.23. The summed E-state index contributed by atoms with van der Waals surface area (Å²) in [7, 11) is 0. The minimum Gasteiger partial charge on any atom is -0.490 e. The summed E-state index contributed by atoms with van der Waals surface area (Å²) in [5.41, 5.74) is 1.40. The molecule has 0 fully saturated rings. The van der Waals surface area contributed by atoms with Crippen LogP contribution in [0.1, 0.15) is 23.2 Å². The van der Waals surface area contributed by atoms with Gasteiger partial charge in [0.25, 0.3) is 0 Å². The van der Waals surface area contributed by atoms with Crippen molar-refractivity contribution in [1.29, 1.82) is 5.26 Å². The van der Waals surface area contributed by atoms with Crippen molar-refractivity contribution < 1.29 is 18.3 Å². The van der Waals surface area contributed by atoms with E-state index >= 15 is 0 Å². The lowest BCUT2D eigenvalue weighted by atomic mass is 10.1. The Morgan fingerprint density at radius 3 is 2.83 bits per heavy atom. The molecule has 0 bridgehead atoms. The predicted molar refractivity (Wildman–Crippen MR) is 84.6 cm³/mol. The maximum Gasteiger partial charge on any atom is 0.387 e. The molecule has 0 spiro atoms. The summed E-state index contributed by atoms with van der Waals surface area (Å²) in [6.07, 6.45) is 1.47. The van der Waals surface area contributed by atoms with Crippen molar-refractivity contribution in [2.45, 2.75) is 20.5 Å². The molecule has 0 N–H and O–H groups in total. The maximum atomic E-state index is 12.7. The highest BCUT2D eigenvalue weighted by Gasteiger charge is 2.16. The van der Waals surface area contributed by atoms with Crippen molar-refractivity contribution >= 4 is 23.0 Å². The molecule has 0 saturated carbocycles. The number of rotatable bonds is 6. The molecule has 0 saturated heterocycles. The summed E-state index contributed by atoms with van der Waals surface area (Å²) >= 11 is 1.31. The molecule has 0 radical (unpaired) electrons. The summed E-state index contributed by atoms with van der Waals surface area (Å²) in [6.45, 7) is 0.879. The van der Waals surface area contributed by atoms with E-state index in [1.807, 2.05) is 18.4 Å². The summed E-state index contributed by atoms with van der Waals surface area (Å²) in [5, 5.41) is 11.7. The van der Waals surface area contributed by atoms with E-state index in [-0.39, 0.29) is 17.1 Å². The largest absolute Gasteiger partial charge is 0.490 e. The minimum absolute atomic E-state index is 0.0922.